The molecule has 0 radical (unpaired) electrons. The Bertz CT molecular complexity index is 1200. The molecule has 2 heterocycles. The van der Waals surface area contributed by atoms with Gasteiger partial charge in [-0.15, -0.1) is 11.8 Å². The van der Waals surface area contributed by atoms with Crippen molar-refractivity contribution in [2.45, 2.75) is 10.8 Å². The average molecular weight is 445 g/mol. The SMILES string of the molecule is COCCNc1nc(SCc2ccccc2)c(C#N)c(-c2ccc3c(c2)OCO3)c1C#N. The number of thioether (sulfide) groups is 1. The fourth-order valence-corrected chi connectivity index (χ4v) is 4.29. The maximum Gasteiger partial charge on any atom is 0.231 e. The van der Waals surface area contributed by atoms with E-state index in [1.54, 1.807) is 19.2 Å². The molecular formula is C24H20N4O3S. The van der Waals surface area contributed by atoms with Gasteiger partial charge in [0.15, 0.2) is 11.5 Å². The number of fused-ring (bicyclic) bond motifs is 1. The van der Waals surface area contributed by atoms with Crippen LogP contribution in [-0.2, 0) is 10.5 Å². The Morgan fingerprint density at radius 2 is 1.84 bits per heavy atom. The topological polar surface area (TPSA) is 100 Å². The first-order chi connectivity index (χ1) is 15.7. The van der Waals surface area contributed by atoms with Crippen LogP contribution in [0.5, 0.6) is 11.5 Å². The molecule has 1 aliphatic heterocycles. The quantitative estimate of drug-likeness (QED) is 0.398. The summed E-state index contributed by atoms with van der Waals surface area (Å²) < 4.78 is 16.0. The first-order valence-corrected chi connectivity index (χ1v) is 10.9. The second-order valence-corrected chi connectivity index (χ2v) is 7.84. The molecule has 0 atom stereocenters. The third kappa shape index (κ3) is 4.47. The monoisotopic (exact) mass is 444 g/mol. The van der Waals surface area contributed by atoms with Crippen LogP contribution in [0.2, 0.25) is 0 Å². The highest BCUT2D eigenvalue weighted by Gasteiger charge is 2.24. The molecule has 0 spiro atoms. The summed E-state index contributed by atoms with van der Waals surface area (Å²) in [6.45, 7) is 1.08. The Kier molecular flexibility index (Phi) is 6.76. The van der Waals surface area contributed by atoms with Gasteiger partial charge < -0.3 is 19.5 Å². The molecule has 3 aromatic rings. The summed E-state index contributed by atoms with van der Waals surface area (Å²) in [6.07, 6.45) is 0. The molecule has 0 saturated heterocycles. The van der Waals surface area contributed by atoms with Crippen molar-refractivity contribution in [2.75, 3.05) is 32.4 Å². The number of hydrogen-bond donors (Lipinski definition) is 1. The maximum absolute atomic E-state index is 10.1. The van der Waals surface area contributed by atoms with Crippen molar-refractivity contribution in [3.63, 3.8) is 0 Å². The lowest BCUT2D eigenvalue weighted by atomic mass is 9.96. The molecule has 1 aliphatic rings. The molecule has 0 unspecified atom stereocenters. The first kappa shape index (κ1) is 21.5. The lowest BCUT2D eigenvalue weighted by molar-refractivity contribution is 0.174. The Labute approximate surface area is 190 Å². The van der Waals surface area contributed by atoms with E-state index in [2.05, 4.69) is 22.4 Å². The molecule has 1 aromatic heterocycles. The third-order valence-electron chi connectivity index (χ3n) is 4.87. The van der Waals surface area contributed by atoms with Crippen molar-refractivity contribution >= 4 is 17.6 Å². The van der Waals surface area contributed by atoms with Crippen LogP contribution in [-0.4, -0.2) is 32.0 Å². The molecular weight excluding hydrogens is 424 g/mol. The number of aromatic nitrogens is 1. The van der Waals surface area contributed by atoms with E-state index in [0.717, 1.165) is 5.56 Å². The van der Waals surface area contributed by atoms with E-state index in [0.29, 0.717) is 63.5 Å². The summed E-state index contributed by atoms with van der Waals surface area (Å²) in [7, 11) is 1.61. The molecule has 0 amide bonds. The van der Waals surface area contributed by atoms with Crippen molar-refractivity contribution in [1.82, 2.24) is 4.98 Å². The normalized spacial score (nSPS) is 11.6. The van der Waals surface area contributed by atoms with Crippen molar-refractivity contribution in [3.8, 4) is 34.8 Å². The van der Waals surface area contributed by atoms with Crippen LogP contribution in [0.15, 0.2) is 53.6 Å². The molecule has 4 rings (SSSR count). The minimum absolute atomic E-state index is 0.146. The van der Waals surface area contributed by atoms with E-state index in [1.807, 2.05) is 36.4 Å². The molecule has 1 N–H and O–H groups in total. The van der Waals surface area contributed by atoms with Crippen LogP contribution in [0.25, 0.3) is 11.1 Å². The van der Waals surface area contributed by atoms with Crippen molar-refractivity contribution in [1.29, 1.82) is 10.5 Å². The molecule has 2 aromatic carbocycles. The zero-order valence-electron chi connectivity index (χ0n) is 17.4. The number of pyridine rings is 1. The number of hydrogen-bond acceptors (Lipinski definition) is 8. The lowest BCUT2D eigenvalue weighted by Gasteiger charge is -2.16. The molecule has 160 valence electrons. The van der Waals surface area contributed by atoms with E-state index >= 15 is 0 Å². The van der Waals surface area contributed by atoms with Gasteiger partial charge in [-0.1, -0.05) is 36.4 Å². The highest BCUT2D eigenvalue weighted by molar-refractivity contribution is 7.98. The summed E-state index contributed by atoms with van der Waals surface area (Å²) >= 11 is 1.46. The van der Waals surface area contributed by atoms with Gasteiger partial charge in [0, 0.05) is 25.0 Å². The molecule has 32 heavy (non-hydrogen) atoms. The minimum Gasteiger partial charge on any atom is -0.454 e. The number of nitrogens with one attached hydrogen (secondary N) is 1. The van der Waals surface area contributed by atoms with Gasteiger partial charge in [-0.05, 0) is 23.3 Å². The standard InChI is InChI=1S/C24H20N4O3S/c1-29-10-9-27-23-18(12-25)22(17-7-8-20-21(11-17)31-15-30-20)19(13-26)24(28-23)32-14-16-5-3-2-4-6-16/h2-8,11H,9-10,14-15H2,1H3,(H,27,28). The van der Waals surface area contributed by atoms with Crippen LogP contribution >= 0.6 is 11.8 Å². The van der Waals surface area contributed by atoms with Crippen LogP contribution in [0.1, 0.15) is 16.7 Å². The molecule has 0 saturated carbocycles. The van der Waals surface area contributed by atoms with Gasteiger partial charge >= 0.3 is 0 Å². The number of rotatable bonds is 8. The van der Waals surface area contributed by atoms with Crippen LogP contribution in [0.4, 0.5) is 5.82 Å². The van der Waals surface area contributed by atoms with E-state index in [1.165, 1.54) is 11.8 Å². The number of methoxy groups -OCH3 is 1. The van der Waals surface area contributed by atoms with E-state index < -0.39 is 0 Å². The van der Waals surface area contributed by atoms with Gasteiger partial charge in [-0.2, -0.15) is 10.5 Å². The predicted molar refractivity (Wildman–Crippen MR) is 122 cm³/mol. The Morgan fingerprint density at radius 3 is 2.59 bits per heavy atom. The fraction of sp³-hybridized carbons (Fsp3) is 0.208. The summed E-state index contributed by atoms with van der Waals surface area (Å²) in [5.74, 6) is 2.29. The minimum atomic E-state index is 0.146. The van der Waals surface area contributed by atoms with Crippen LogP contribution < -0.4 is 14.8 Å². The van der Waals surface area contributed by atoms with Crippen molar-refractivity contribution in [2.24, 2.45) is 0 Å². The second kappa shape index (κ2) is 10.1. The number of benzene rings is 2. The van der Waals surface area contributed by atoms with Gasteiger partial charge in [0.1, 0.15) is 28.5 Å². The molecule has 7 nitrogen and oxygen atoms in total. The Hall–Kier alpha value is -3.72. The molecule has 8 heteroatoms. The van der Waals surface area contributed by atoms with Crippen molar-refractivity contribution in [3.05, 3.63) is 65.2 Å². The smallest absolute Gasteiger partial charge is 0.231 e. The fourth-order valence-electron chi connectivity index (χ4n) is 3.35. The lowest BCUT2D eigenvalue weighted by Crippen LogP contribution is -2.12. The zero-order valence-corrected chi connectivity index (χ0v) is 18.2. The Morgan fingerprint density at radius 1 is 1.06 bits per heavy atom. The van der Waals surface area contributed by atoms with E-state index in [9.17, 15) is 10.5 Å². The molecule has 0 fully saturated rings. The molecule has 0 bridgehead atoms. The van der Waals surface area contributed by atoms with Gasteiger partial charge in [-0.3, -0.25) is 0 Å². The second-order valence-electron chi connectivity index (χ2n) is 6.88. The van der Waals surface area contributed by atoms with Crippen LogP contribution in [0.3, 0.4) is 0 Å². The number of anilines is 1. The number of nitrogens with zero attached hydrogens (tertiary/aromatic N) is 3. The average Bonchev–Trinajstić information content (AvgIpc) is 3.31. The molecule has 0 aliphatic carbocycles. The van der Waals surface area contributed by atoms with Crippen LogP contribution in [0, 0.1) is 22.7 Å². The summed E-state index contributed by atoms with van der Waals surface area (Å²) in [6, 6.07) is 19.9. The largest absolute Gasteiger partial charge is 0.454 e. The van der Waals surface area contributed by atoms with Gasteiger partial charge in [0.2, 0.25) is 6.79 Å². The summed E-state index contributed by atoms with van der Waals surface area (Å²) in [4.78, 5) is 4.66. The number of ether oxygens (including phenoxy) is 3. The van der Waals surface area contributed by atoms with Crippen molar-refractivity contribution < 1.29 is 14.2 Å². The van der Waals surface area contributed by atoms with E-state index in [-0.39, 0.29) is 6.79 Å². The maximum atomic E-state index is 10.1. The van der Waals surface area contributed by atoms with E-state index in [4.69, 9.17) is 14.2 Å². The van der Waals surface area contributed by atoms with Gasteiger partial charge in [0.05, 0.1) is 12.2 Å². The highest BCUT2D eigenvalue weighted by atomic mass is 32.2. The summed E-state index contributed by atoms with van der Waals surface area (Å²) in [5.41, 5.74) is 3.00. The number of nitriles is 2. The third-order valence-corrected chi connectivity index (χ3v) is 5.91. The predicted octanol–water partition coefficient (Wildman–Crippen LogP) is 4.57. The first-order valence-electron chi connectivity index (χ1n) is 9.93. The summed E-state index contributed by atoms with van der Waals surface area (Å²) in [5, 5.41) is 23.8. The Balaban J connectivity index is 1.82. The zero-order chi connectivity index (χ0) is 22.3. The highest BCUT2D eigenvalue weighted by Crippen LogP contribution is 2.41. The van der Waals surface area contributed by atoms with Gasteiger partial charge in [0.25, 0.3) is 0 Å². The van der Waals surface area contributed by atoms with Gasteiger partial charge in [-0.25, -0.2) is 4.98 Å².